The molecule has 0 spiro atoms. The number of anilines is 1. The zero-order valence-corrected chi connectivity index (χ0v) is 36.1. The summed E-state index contributed by atoms with van der Waals surface area (Å²) in [6, 6.07) is 23.7. The van der Waals surface area contributed by atoms with Gasteiger partial charge in [0, 0.05) is 0 Å². The van der Waals surface area contributed by atoms with E-state index in [1.165, 1.54) is 18.2 Å². The number of benzene rings is 4. The molecule has 272 valence electrons. The average Bonchev–Trinajstić information content (AvgIpc) is 3.10. The van der Waals surface area contributed by atoms with Crippen LogP contribution in [0.3, 0.4) is 0 Å². The second kappa shape index (κ2) is 18.4. The predicted octanol–water partition coefficient (Wildman–Crippen LogP) is 2.46. The molecule has 0 saturated carbocycles. The zero-order valence-electron chi connectivity index (χ0n) is 29.6. The minimum atomic E-state index is -4.49. The molecular formula is C37H38AlN2Na2O9S3+. The van der Waals surface area contributed by atoms with Gasteiger partial charge < -0.3 is 0 Å². The van der Waals surface area contributed by atoms with Gasteiger partial charge in [-0.2, -0.15) is 8.42 Å². The summed E-state index contributed by atoms with van der Waals surface area (Å²) in [6.07, 6.45) is 7.70. The third-order valence-corrected chi connectivity index (χ3v) is 14.7. The van der Waals surface area contributed by atoms with Crippen LogP contribution in [-0.4, -0.2) is 136 Å². The molecule has 4 aromatic carbocycles. The summed E-state index contributed by atoms with van der Waals surface area (Å²) in [6.45, 7) is 5.68. The second-order valence-corrected chi connectivity index (χ2v) is 18.8. The van der Waals surface area contributed by atoms with E-state index in [-0.39, 0.29) is 38.6 Å². The summed E-state index contributed by atoms with van der Waals surface area (Å²) in [5.74, 6) is 0. The first-order chi connectivity index (χ1) is 24.9. The first-order valence-electron chi connectivity index (χ1n) is 16.7. The van der Waals surface area contributed by atoms with Gasteiger partial charge in [-0.15, -0.1) is 0 Å². The maximum absolute atomic E-state index is 12.3. The Balaban J connectivity index is 0.00000650. The Labute approximate surface area is 362 Å². The van der Waals surface area contributed by atoms with Crippen molar-refractivity contribution in [2.45, 2.75) is 41.6 Å². The van der Waals surface area contributed by atoms with E-state index in [9.17, 15) is 38.9 Å². The molecule has 1 aliphatic rings. The normalized spacial score (nSPS) is 13.1. The monoisotopic (exact) mass is 823 g/mol. The first kappa shape index (κ1) is 44.5. The number of hydrogen-bond donors (Lipinski definition) is 3. The van der Waals surface area contributed by atoms with Gasteiger partial charge in [0.05, 0.1) is 0 Å². The van der Waals surface area contributed by atoms with Crippen LogP contribution in [0.5, 0.6) is 0 Å². The van der Waals surface area contributed by atoms with E-state index in [1.54, 1.807) is 36.4 Å². The molecule has 0 bridgehead atoms. The number of nitrogens with zero attached hydrogens (tertiary/aromatic N) is 2. The van der Waals surface area contributed by atoms with E-state index in [1.807, 2.05) is 78.0 Å². The molecule has 0 aliphatic heterocycles. The molecule has 0 fully saturated rings. The number of rotatable bonds is 12. The van der Waals surface area contributed by atoms with E-state index >= 15 is 0 Å². The van der Waals surface area contributed by atoms with E-state index in [4.69, 9.17) is 0 Å². The molecule has 0 atom stereocenters. The Morgan fingerprint density at radius 2 is 1.37 bits per heavy atom. The van der Waals surface area contributed by atoms with Crippen LogP contribution in [0.4, 0.5) is 5.69 Å². The fourth-order valence-electron chi connectivity index (χ4n) is 6.53. The van der Waals surface area contributed by atoms with Crippen molar-refractivity contribution in [3.8, 4) is 0 Å². The van der Waals surface area contributed by atoms with Gasteiger partial charge in [-0.3, -0.25) is 4.55 Å². The Bertz CT molecular complexity index is 2520. The van der Waals surface area contributed by atoms with Crippen molar-refractivity contribution in [3.63, 3.8) is 0 Å². The van der Waals surface area contributed by atoms with E-state index < -0.39 is 30.4 Å². The summed E-state index contributed by atoms with van der Waals surface area (Å²) in [7, 11) is -13.3. The molecule has 17 heteroatoms. The summed E-state index contributed by atoms with van der Waals surface area (Å²) >= 11 is 0.750. The molecule has 54 heavy (non-hydrogen) atoms. The van der Waals surface area contributed by atoms with Gasteiger partial charge in [0.2, 0.25) is 0 Å². The molecule has 11 nitrogen and oxygen atoms in total. The third-order valence-electron chi connectivity index (χ3n) is 9.12. The van der Waals surface area contributed by atoms with Gasteiger partial charge in [0.1, 0.15) is 0 Å². The van der Waals surface area contributed by atoms with Crippen molar-refractivity contribution in [2.24, 2.45) is 0 Å². The Morgan fingerprint density at radius 1 is 0.741 bits per heavy atom. The molecule has 4 aromatic rings. The van der Waals surface area contributed by atoms with Gasteiger partial charge in [-0.1, -0.05) is 0 Å². The molecule has 0 aromatic heterocycles. The quantitative estimate of drug-likeness (QED) is 0.110. The van der Waals surface area contributed by atoms with E-state index in [2.05, 4.69) is 0 Å². The van der Waals surface area contributed by atoms with Crippen LogP contribution in [-0.2, 0) is 43.4 Å². The van der Waals surface area contributed by atoms with Gasteiger partial charge in [-0.25, -0.2) is 0 Å². The maximum atomic E-state index is 12.3. The minimum absolute atomic E-state index is 0. The Morgan fingerprint density at radius 3 is 1.94 bits per heavy atom. The molecular weight excluding hydrogens is 786 g/mol. The molecule has 1 aliphatic carbocycles. The van der Waals surface area contributed by atoms with Gasteiger partial charge >= 0.3 is 320 Å². The largest absolute Gasteiger partial charge is 0.187 e. The van der Waals surface area contributed by atoms with E-state index in [0.717, 1.165) is 28.1 Å². The van der Waals surface area contributed by atoms with Gasteiger partial charge in [0.25, 0.3) is 10.1 Å². The second-order valence-electron chi connectivity index (χ2n) is 12.6. The minimum Gasteiger partial charge on any atom is 0.187 e. The van der Waals surface area contributed by atoms with Crippen LogP contribution in [0.2, 0.25) is 0 Å². The molecule has 0 heterocycles. The van der Waals surface area contributed by atoms with Crippen LogP contribution in [0.1, 0.15) is 36.1 Å². The van der Waals surface area contributed by atoms with Crippen LogP contribution in [0.15, 0.2) is 129 Å². The van der Waals surface area contributed by atoms with Gasteiger partial charge in [-0.05, 0) is 6.07 Å². The SMILES string of the molecule is CCN(Cc1ccc[c]([Na])c1S(=O)(=O)O)c1ccc(C(=C2C=CC(=[N+](CC)Cc3cccc(S(=O)(=O)O)c3)C=C2)c2cccc(S(=O)(=O)O)[c]2[Na])cc1.[AlH3]. The zero-order chi connectivity index (χ0) is 38.7. The number of hydrogen-bond acceptors (Lipinski definition) is 7. The van der Waals surface area contributed by atoms with Gasteiger partial charge in [0.15, 0.2) is 17.4 Å². The third kappa shape index (κ3) is 10.6. The van der Waals surface area contributed by atoms with Crippen molar-refractivity contribution in [1.29, 1.82) is 0 Å². The summed E-state index contributed by atoms with van der Waals surface area (Å²) in [5.41, 5.74) is 5.79. The van der Waals surface area contributed by atoms with Crippen molar-refractivity contribution in [1.82, 2.24) is 0 Å². The standard InChI is InChI=1S/C37H34N2O9S3.Al.2Na.3H/c1-3-38(25-27-9-7-12-34(23-27)49(40,41)42)32-19-15-28(16-20-32)37(30-11-8-13-35(24-30)50(43,44)45)29-17-21-33(22-18-29)39(4-2)26-31-10-5-6-14-36(31)51(46,47)48;;;;;;/h5-13,15-23H,3-4,25-26H2,1-2H3,(H2-,40,41,42,43,44,45,46,47,48);;;;;;/p+1. The van der Waals surface area contributed by atoms with Crippen LogP contribution >= 0.6 is 0 Å². The van der Waals surface area contributed by atoms with Crippen molar-refractivity contribution >= 4 is 126 Å². The molecule has 0 unspecified atom stereocenters. The van der Waals surface area contributed by atoms with Crippen LogP contribution in [0, 0.1) is 0 Å². The van der Waals surface area contributed by atoms with Crippen LogP contribution in [0.25, 0.3) is 5.57 Å². The van der Waals surface area contributed by atoms with Crippen molar-refractivity contribution < 1.29 is 43.5 Å². The van der Waals surface area contributed by atoms with Crippen molar-refractivity contribution in [2.75, 3.05) is 18.0 Å². The molecule has 0 radical (unpaired) electrons. The molecule has 5 rings (SSSR count). The molecule has 3 N–H and O–H groups in total. The molecule has 0 saturated heterocycles. The smallest absolute Gasteiger partial charge is 0.187 e. The summed E-state index contributed by atoms with van der Waals surface area (Å²) in [4.78, 5) is 1.61. The van der Waals surface area contributed by atoms with E-state index in [0.29, 0.717) is 97.8 Å². The Kier molecular flexibility index (Phi) is 15.2. The fraction of sp³-hybridized carbons (Fsp3) is 0.162. The summed E-state index contributed by atoms with van der Waals surface area (Å²) in [5, 5.41) is 0. The van der Waals surface area contributed by atoms with Crippen molar-refractivity contribution in [3.05, 3.63) is 137 Å². The first-order valence-corrected chi connectivity index (χ1v) is 23.0. The summed E-state index contributed by atoms with van der Waals surface area (Å²) < 4.78 is 105. The Hall–Kier alpha value is -2.17. The van der Waals surface area contributed by atoms with Crippen LogP contribution < -0.4 is 10.5 Å². The predicted molar refractivity (Wildman–Crippen MR) is 216 cm³/mol. The number of allylic oxidation sites excluding steroid dienone is 5. The topological polar surface area (TPSA) is 169 Å². The molecule has 0 amide bonds. The maximum Gasteiger partial charge on any atom is 0.187 e. The fourth-order valence-corrected chi connectivity index (χ4v) is 11.4. The average molecular weight is 824 g/mol.